The average molecular weight is 166 g/mol. The van der Waals surface area contributed by atoms with E-state index in [2.05, 4.69) is 16.0 Å². The van der Waals surface area contributed by atoms with Crippen LogP contribution in [0.1, 0.15) is 0 Å². The van der Waals surface area contributed by atoms with Gasteiger partial charge in [-0.2, -0.15) is 0 Å². The lowest BCUT2D eigenvalue weighted by Gasteiger charge is -2.09. The Kier molecular flexibility index (Phi) is 1.43. The molecule has 0 aromatic rings. The van der Waals surface area contributed by atoms with Gasteiger partial charge in [0, 0.05) is 0 Å². The molecule has 5 heteroatoms. The zero-order valence-electron chi connectivity index (χ0n) is 6.42. The van der Waals surface area contributed by atoms with Gasteiger partial charge in [-0.25, -0.2) is 0 Å². The molecule has 0 saturated carbocycles. The van der Waals surface area contributed by atoms with E-state index in [4.69, 9.17) is 5.73 Å². The average Bonchev–Trinajstić information content (AvgIpc) is 2.46. The Bertz CT molecular complexity index is 281. The Morgan fingerprint density at radius 1 is 1.58 bits per heavy atom. The van der Waals surface area contributed by atoms with Crippen molar-refractivity contribution in [2.45, 2.75) is 6.17 Å². The molecule has 64 valence electrons. The van der Waals surface area contributed by atoms with Crippen LogP contribution in [0.4, 0.5) is 0 Å². The van der Waals surface area contributed by atoms with Gasteiger partial charge in [0.05, 0.1) is 17.9 Å². The molecule has 1 amide bonds. The first-order valence-electron chi connectivity index (χ1n) is 3.73. The molecule has 2 rings (SSSR count). The van der Waals surface area contributed by atoms with Crippen molar-refractivity contribution in [3.05, 3.63) is 23.7 Å². The minimum absolute atomic E-state index is 0.391. The largest absolute Gasteiger partial charge is 0.385 e. The van der Waals surface area contributed by atoms with E-state index in [9.17, 15) is 4.79 Å². The number of hydrogen-bond acceptors (Lipinski definition) is 4. The van der Waals surface area contributed by atoms with Crippen molar-refractivity contribution in [2.24, 2.45) is 5.73 Å². The van der Waals surface area contributed by atoms with Crippen molar-refractivity contribution < 1.29 is 4.79 Å². The van der Waals surface area contributed by atoms with Gasteiger partial charge in [0.25, 0.3) is 5.91 Å². The fourth-order valence-corrected chi connectivity index (χ4v) is 1.27. The van der Waals surface area contributed by atoms with Crippen molar-refractivity contribution in [3.63, 3.8) is 0 Å². The predicted octanol–water partition coefficient (Wildman–Crippen LogP) is -1.68. The SMILES string of the molecule is NC(=O)C1NC2=C(CNC=C2)N1. The maximum absolute atomic E-state index is 10.8. The van der Waals surface area contributed by atoms with Crippen molar-refractivity contribution in [2.75, 3.05) is 6.54 Å². The lowest BCUT2D eigenvalue weighted by molar-refractivity contribution is -0.120. The lowest BCUT2D eigenvalue weighted by Crippen LogP contribution is -2.45. The molecule has 1 unspecified atom stereocenters. The van der Waals surface area contributed by atoms with E-state index in [1.165, 1.54) is 0 Å². The molecule has 0 aromatic carbocycles. The molecule has 0 fully saturated rings. The minimum Gasteiger partial charge on any atom is -0.385 e. The Labute approximate surface area is 69.7 Å². The number of allylic oxidation sites excluding steroid dienone is 1. The highest BCUT2D eigenvalue weighted by Gasteiger charge is 2.25. The summed E-state index contributed by atoms with van der Waals surface area (Å²) in [6.45, 7) is 0.711. The maximum atomic E-state index is 10.8. The molecule has 2 aliphatic heterocycles. The molecule has 2 aliphatic rings. The van der Waals surface area contributed by atoms with Gasteiger partial charge < -0.3 is 21.7 Å². The number of rotatable bonds is 1. The van der Waals surface area contributed by atoms with Crippen LogP contribution < -0.4 is 21.7 Å². The molecule has 0 radical (unpaired) electrons. The first-order chi connectivity index (χ1) is 5.77. The number of amides is 1. The van der Waals surface area contributed by atoms with Gasteiger partial charge in [-0.3, -0.25) is 4.79 Å². The van der Waals surface area contributed by atoms with Crippen LogP contribution in [0.2, 0.25) is 0 Å². The fourth-order valence-electron chi connectivity index (χ4n) is 1.27. The van der Waals surface area contributed by atoms with Crippen LogP contribution in [0.15, 0.2) is 23.7 Å². The second-order valence-electron chi connectivity index (χ2n) is 2.73. The summed E-state index contributed by atoms with van der Waals surface area (Å²) < 4.78 is 0. The van der Waals surface area contributed by atoms with Crippen LogP contribution in [0.25, 0.3) is 0 Å². The summed E-state index contributed by atoms with van der Waals surface area (Å²) in [7, 11) is 0. The van der Waals surface area contributed by atoms with Gasteiger partial charge in [0.1, 0.15) is 0 Å². The number of carbonyl (C=O) groups is 1. The van der Waals surface area contributed by atoms with E-state index < -0.39 is 12.1 Å². The second-order valence-corrected chi connectivity index (χ2v) is 2.73. The smallest absolute Gasteiger partial charge is 0.260 e. The predicted molar refractivity (Wildman–Crippen MR) is 43.4 cm³/mol. The van der Waals surface area contributed by atoms with E-state index in [-0.39, 0.29) is 0 Å². The number of hydrogen-bond donors (Lipinski definition) is 4. The van der Waals surface area contributed by atoms with Crippen LogP contribution in [-0.4, -0.2) is 18.6 Å². The van der Waals surface area contributed by atoms with Crippen molar-refractivity contribution >= 4 is 5.91 Å². The van der Waals surface area contributed by atoms with Gasteiger partial charge in [-0.05, 0) is 12.3 Å². The van der Waals surface area contributed by atoms with Crippen molar-refractivity contribution in [1.82, 2.24) is 16.0 Å². The zero-order valence-corrected chi connectivity index (χ0v) is 6.42. The van der Waals surface area contributed by atoms with E-state index >= 15 is 0 Å². The second kappa shape index (κ2) is 2.44. The van der Waals surface area contributed by atoms with Gasteiger partial charge in [-0.15, -0.1) is 0 Å². The minimum atomic E-state index is -0.459. The molecule has 0 aliphatic carbocycles. The molecular formula is C7H10N4O. The summed E-state index contributed by atoms with van der Waals surface area (Å²) >= 11 is 0. The standard InChI is InChI=1S/C7H10N4O/c8-6(12)7-10-4-1-2-9-3-5(4)11-7/h1-2,7,9-11H,3H2,(H2,8,12). The van der Waals surface area contributed by atoms with Crippen LogP contribution >= 0.6 is 0 Å². The highest BCUT2D eigenvalue weighted by molar-refractivity contribution is 5.80. The Morgan fingerprint density at radius 2 is 2.42 bits per heavy atom. The van der Waals surface area contributed by atoms with Crippen molar-refractivity contribution in [1.29, 1.82) is 0 Å². The zero-order chi connectivity index (χ0) is 8.55. The van der Waals surface area contributed by atoms with Gasteiger partial charge >= 0.3 is 0 Å². The number of carbonyl (C=O) groups excluding carboxylic acids is 1. The Hall–Kier alpha value is -1.65. The number of nitrogens with one attached hydrogen (secondary N) is 3. The first kappa shape index (κ1) is 7.02. The third kappa shape index (κ3) is 0.990. The summed E-state index contributed by atoms with van der Waals surface area (Å²) in [5.74, 6) is -0.391. The van der Waals surface area contributed by atoms with E-state index in [1.54, 1.807) is 0 Å². The van der Waals surface area contributed by atoms with E-state index in [0.29, 0.717) is 6.54 Å². The number of nitrogens with two attached hydrogens (primary N) is 1. The van der Waals surface area contributed by atoms with Crippen LogP contribution in [-0.2, 0) is 4.79 Å². The maximum Gasteiger partial charge on any atom is 0.260 e. The molecule has 5 N–H and O–H groups in total. The third-order valence-electron chi connectivity index (χ3n) is 1.87. The summed E-state index contributed by atoms with van der Waals surface area (Å²) in [5, 5.41) is 8.95. The monoisotopic (exact) mass is 166 g/mol. The Morgan fingerprint density at radius 3 is 3.08 bits per heavy atom. The molecule has 2 heterocycles. The van der Waals surface area contributed by atoms with Crippen molar-refractivity contribution in [3.8, 4) is 0 Å². The normalized spacial score (nSPS) is 25.5. The summed E-state index contributed by atoms with van der Waals surface area (Å²) in [5.41, 5.74) is 7.05. The molecule has 0 spiro atoms. The summed E-state index contributed by atoms with van der Waals surface area (Å²) in [6, 6.07) is 0. The fraction of sp³-hybridized carbons (Fsp3) is 0.286. The summed E-state index contributed by atoms with van der Waals surface area (Å²) in [4.78, 5) is 10.8. The van der Waals surface area contributed by atoms with Gasteiger partial charge in [-0.1, -0.05) is 0 Å². The van der Waals surface area contributed by atoms with Crippen LogP contribution in [0, 0.1) is 0 Å². The first-order valence-corrected chi connectivity index (χ1v) is 3.73. The number of primary amides is 1. The van der Waals surface area contributed by atoms with Crippen LogP contribution in [0.3, 0.4) is 0 Å². The van der Waals surface area contributed by atoms with Crippen LogP contribution in [0.5, 0.6) is 0 Å². The highest BCUT2D eigenvalue weighted by atomic mass is 16.1. The number of dihydropyridines is 1. The van der Waals surface area contributed by atoms with Gasteiger partial charge in [0.2, 0.25) is 0 Å². The molecule has 0 aromatic heterocycles. The molecule has 12 heavy (non-hydrogen) atoms. The summed E-state index contributed by atoms with van der Waals surface area (Å²) in [6.07, 6.45) is 3.24. The molecular weight excluding hydrogens is 156 g/mol. The molecule has 5 nitrogen and oxygen atoms in total. The third-order valence-corrected chi connectivity index (χ3v) is 1.87. The quantitative estimate of drug-likeness (QED) is 0.375. The topological polar surface area (TPSA) is 79.2 Å². The highest BCUT2D eigenvalue weighted by Crippen LogP contribution is 2.10. The van der Waals surface area contributed by atoms with E-state index in [0.717, 1.165) is 11.4 Å². The molecule has 0 saturated heterocycles. The lowest BCUT2D eigenvalue weighted by atomic mass is 10.3. The van der Waals surface area contributed by atoms with Gasteiger partial charge in [0.15, 0.2) is 6.17 Å². The Balaban J connectivity index is 2.12. The van der Waals surface area contributed by atoms with E-state index in [1.807, 2.05) is 12.3 Å². The molecule has 1 atom stereocenters. The molecule has 0 bridgehead atoms.